The van der Waals surface area contributed by atoms with Crippen molar-refractivity contribution in [2.24, 2.45) is 0 Å². The third-order valence-corrected chi connectivity index (χ3v) is 3.50. The average molecular weight is 305 g/mol. The molecule has 1 saturated heterocycles. The zero-order valence-corrected chi connectivity index (χ0v) is 12.0. The van der Waals surface area contributed by atoms with Gasteiger partial charge in [0, 0.05) is 18.2 Å². The summed E-state index contributed by atoms with van der Waals surface area (Å²) in [5.74, 6) is 0. The van der Waals surface area contributed by atoms with Crippen molar-refractivity contribution in [3.05, 3.63) is 28.2 Å². The fraction of sp³-hybridized carbons (Fsp3) is 0.417. The molecule has 1 fully saturated rings. The van der Waals surface area contributed by atoms with Crippen molar-refractivity contribution in [2.45, 2.75) is 18.9 Å². The minimum absolute atomic E-state index is 0.250. The van der Waals surface area contributed by atoms with Crippen LogP contribution in [0.15, 0.2) is 18.2 Å². The van der Waals surface area contributed by atoms with Crippen LogP contribution in [0.5, 0.6) is 0 Å². The number of hydrogen-bond donors (Lipinski definition) is 2. The molecule has 2 N–H and O–H groups in total. The Morgan fingerprint density at radius 1 is 1.44 bits per heavy atom. The van der Waals surface area contributed by atoms with Crippen molar-refractivity contribution in [1.29, 1.82) is 0 Å². The number of nitrogens with one attached hydrogen (secondary N) is 2. The maximum atomic E-state index is 6.03. The molecule has 0 saturated carbocycles. The molecule has 1 aliphatic heterocycles. The fourth-order valence-corrected chi connectivity index (χ4v) is 2.30. The van der Waals surface area contributed by atoms with Crippen LogP contribution in [0.4, 0.5) is 5.69 Å². The second-order valence-electron chi connectivity index (χ2n) is 4.09. The molecule has 2 rings (SSSR count). The van der Waals surface area contributed by atoms with Crippen LogP contribution in [0.25, 0.3) is 0 Å². The highest BCUT2D eigenvalue weighted by molar-refractivity contribution is 7.80. The zero-order chi connectivity index (χ0) is 13.0. The smallest absolute Gasteiger partial charge is 0.170 e. The summed E-state index contributed by atoms with van der Waals surface area (Å²) in [5.41, 5.74) is 0.703. The van der Waals surface area contributed by atoms with Gasteiger partial charge in [-0.05, 0) is 43.3 Å². The highest BCUT2D eigenvalue weighted by Crippen LogP contribution is 2.25. The largest absolute Gasteiger partial charge is 0.376 e. The lowest BCUT2D eigenvalue weighted by molar-refractivity contribution is 0.114. The quantitative estimate of drug-likeness (QED) is 0.838. The molecule has 1 aromatic rings. The van der Waals surface area contributed by atoms with Crippen LogP contribution in [-0.4, -0.2) is 24.4 Å². The number of hydrogen-bond acceptors (Lipinski definition) is 2. The summed E-state index contributed by atoms with van der Waals surface area (Å²) in [6, 6.07) is 5.21. The summed E-state index contributed by atoms with van der Waals surface area (Å²) in [4.78, 5) is 0. The van der Waals surface area contributed by atoms with Gasteiger partial charge in [0.15, 0.2) is 5.11 Å². The van der Waals surface area contributed by atoms with E-state index in [-0.39, 0.29) is 6.10 Å². The van der Waals surface area contributed by atoms with Crippen molar-refractivity contribution in [3.63, 3.8) is 0 Å². The van der Waals surface area contributed by atoms with Gasteiger partial charge in [-0.2, -0.15) is 0 Å². The van der Waals surface area contributed by atoms with E-state index in [9.17, 15) is 0 Å². The molecule has 1 aromatic carbocycles. The molecule has 1 heterocycles. The molecule has 18 heavy (non-hydrogen) atoms. The predicted molar refractivity (Wildman–Crippen MR) is 79.7 cm³/mol. The van der Waals surface area contributed by atoms with Crippen LogP contribution in [0.1, 0.15) is 12.8 Å². The van der Waals surface area contributed by atoms with Gasteiger partial charge in [0.2, 0.25) is 0 Å². The lowest BCUT2D eigenvalue weighted by Gasteiger charge is -2.14. The van der Waals surface area contributed by atoms with E-state index in [1.807, 2.05) is 0 Å². The molecule has 0 spiro atoms. The molecule has 0 bridgehead atoms. The summed E-state index contributed by atoms with van der Waals surface area (Å²) in [6.07, 6.45) is 2.44. The summed E-state index contributed by atoms with van der Waals surface area (Å²) >= 11 is 17.1. The van der Waals surface area contributed by atoms with Crippen LogP contribution in [0, 0.1) is 0 Å². The third-order valence-electron chi connectivity index (χ3n) is 2.69. The SMILES string of the molecule is S=C(NCC1CCCO1)Nc1cc(Cl)ccc1Cl. The van der Waals surface area contributed by atoms with Crippen LogP contribution >= 0.6 is 35.4 Å². The molecule has 1 aliphatic rings. The second-order valence-corrected chi connectivity index (χ2v) is 5.35. The van der Waals surface area contributed by atoms with Gasteiger partial charge in [0.25, 0.3) is 0 Å². The monoisotopic (exact) mass is 304 g/mol. The molecule has 0 aromatic heterocycles. The topological polar surface area (TPSA) is 33.3 Å². The fourth-order valence-electron chi connectivity index (χ4n) is 1.77. The van der Waals surface area contributed by atoms with E-state index >= 15 is 0 Å². The summed E-state index contributed by atoms with van der Waals surface area (Å²) in [6.45, 7) is 1.55. The molecule has 0 radical (unpaired) electrons. The van der Waals surface area contributed by atoms with E-state index < -0.39 is 0 Å². The molecular formula is C12H14Cl2N2OS. The molecule has 3 nitrogen and oxygen atoms in total. The minimum Gasteiger partial charge on any atom is -0.376 e. The number of rotatable bonds is 3. The molecule has 6 heteroatoms. The molecule has 0 aliphatic carbocycles. The molecule has 1 atom stereocenters. The van der Waals surface area contributed by atoms with Gasteiger partial charge in [-0.3, -0.25) is 0 Å². The number of ether oxygens (including phenoxy) is 1. The van der Waals surface area contributed by atoms with Gasteiger partial charge in [-0.25, -0.2) is 0 Å². The van der Waals surface area contributed by atoms with E-state index in [4.69, 9.17) is 40.2 Å². The lowest BCUT2D eigenvalue weighted by Crippen LogP contribution is -2.34. The minimum atomic E-state index is 0.250. The number of benzene rings is 1. The highest BCUT2D eigenvalue weighted by atomic mass is 35.5. The number of halogens is 2. The first kappa shape index (κ1) is 13.9. The van der Waals surface area contributed by atoms with Crippen LogP contribution in [0.3, 0.4) is 0 Å². The van der Waals surface area contributed by atoms with E-state index in [2.05, 4.69) is 10.6 Å². The predicted octanol–water partition coefficient (Wildman–Crippen LogP) is 3.46. The Kier molecular flexibility index (Phi) is 5.06. The summed E-state index contributed by atoms with van der Waals surface area (Å²) < 4.78 is 5.50. The first-order chi connectivity index (χ1) is 8.65. The number of thiocarbonyl (C=S) groups is 1. The average Bonchev–Trinajstić information content (AvgIpc) is 2.84. The Bertz CT molecular complexity index is 436. The van der Waals surface area contributed by atoms with E-state index in [1.54, 1.807) is 18.2 Å². The highest BCUT2D eigenvalue weighted by Gasteiger charge is 2.15. The summed E-state index contributed by atoms with van der Waals surface area (Å²) in [7, 11) is 0. The van der Waals surface area contributed by atoms with Crippen LogP contribution in [0.2, 0.25) is 10.0 Å². The first-order valence-electron chi connectivity index (χ1n) is 5.76. The standard InChI is InChI=1S/C12H14Cl2N2OS/c13-8-3-4-10(14)11(6-8)16-12(18)15-7-9-2-1-5-17-9/h3-4,6,9H,1-2,5,7H2,(H2,15,16,18). The number of anilines is 1. The molecular weight excluding hydrogens is 291 g/mol. The maximum Gasteiger partial charge on any atom is 0.170 e. The van der Waals surface area contributed by atoms with Gasteiger partial charge in [0.05, 0.1) is 16.8 Å². The van der Waals surface area contributed by atoms with E-state index in [0.717, 1.165) is 19.4 Å². The Morgan fingerprint density at radius 2 is 2.28 bits per heavy atom. The Labute approximate surface area is 122 Å². The normalized spacial score (nSPS) is 18.7. The van der Waals surface area contributed by atoms with Crippen molar-refractivity contribution < 1.29 is 4.74 Å². The Hall–Kier alpha value is -0.550. The van der Waals surface area contributed by atoms with Crippen molar-refractivity contribution in [2.75, 3.05) is 18.5 Å². The second kappa shape index (κ2) is 6.57. The summed E-state index contributed by atoms with van der Waals surface area (Å²) in [5, 5.41) is 7.86. The Balaban J connectivity index is 1.84. The molecule has 1 unspecified atom stereocenters. The van der Waals surface area contributed by atoms with Gasteiger partial charge < -0.3 is 15.4 Å². The third kappa shape index (κ3) is 3.99. The van der Waals surface area contributed by atoms with Crippen molar-refractivity contribution in [3.8, 4) is 0 Å². The van der Waals surface area contributed by atoms with Gasteiger partial charge >= 0.3 is 0 Å². The van der Waals surface area contributed by atoms with Gasteiger partial charge in [0.1, 0.15) is 0 Å². The maximum absolute atomic E-state index is 6.03. The Morgan fingerprint density at radius 3 is 3.00 bits per heavy atom. The van der Waals surface area contributed by atoms with Crippen LogP contribution in [-0.2, 0) is 4.74 Å². The van der Waals surface area contributed by atoms with Crippen molar-refractivity contribution >= 4 is 46.2 Å². The van der Waals surface area contributed by atoms with E-state index in [1.165, 1.54) is 0 Å². The van der Waals surface area contributed by atoms with Crippen LogP contribution < -0.4 is 10.6 Å². The lowest BCUT2D eigenvalue weighted by atomic mass is 10.2. The van der Waals surface area contributed by atoms with Gasteiger partial charge in [-0.1, -0.05) is 23.2 Å². The molecule has 98 valence electrons. The van der Waals surface area contributed by atoms with E-state index in [0.29, 0.717) is 27.4 Å². The van der Waals surface area contributed by atoms with Crippen molar-refractivity contribution in [1.82, 2.24) is 5.32 Å². The molecule has 0 amide bonds. The first-order valence-corrected chi connectivity index (χ1v) is 6.93. The zero-order valence-electron chi connectivity index (χ0n) is 9.71. The van der Waals surface area contributed by atoms with Gasteiger partial charge in [-0.15, -0.1) is 0 Å².